The number of aromatic nitrogens is 4. The molecule has 2 aromatic rings. The van der Waals surface area contributed by atoms with Crippen LogP contribution in [0.1, 0.15) is 25.5 Å². The van der Waals surface area contributed by atoms with Gasteiger partial charge in [0.25, 0.3) is 10.0 Å². The minimum Gasteiger partial charge on any atom is -0.339 e. The van der Waals surface area contributed by atoms with Crippen LogP contribution >= 0.6 is 0 Å². The van der Waals surface area contributed by atoms with Gasteiger partial charge in [-0.25, -0.2) is 13.4 Å². The van der Waals surface area contributed by atoms with E-state index in [2.05, 4.69) is 22.1 Å². The second-order valence-corrected chi connectivity index (χ2v) is 7.74. The summed E-state index contributed by atoms with van der Waals surface area (Å²) in [5.74, 6) is 0. The predicted molar refractivity (Wildman–Crippen MR) is 77.1 cm³/mol. The molecule has 0 spiro atoms. The Morgan fingerprint density at radius 2 is 2.24 bits per heavy atom. The first kappa shape index (κ1) is 14.3. The molecule has 8 heteroatoms. The van der Waals surface area contributed by atoms with E-state index in [1.165, 1.54) is 16.8 Å². The van der Waals surface area contributed by atoms with E-state index < -0.39 is 10.0 Å². The van der Waals surface area contributed by atoms with Crippen LogP contribution in [-0.4, -0.2) is 45.6 Å². The molecule has 0 unspecified atom stereocenters. The van der Waals surface area contributed by atoms with E-state index in [1.54, 1.807) is 17.8 Å². The average molecular weight is 309 g/mol. The summed E-state index contributed by atoms with van der Waals surface area (Å²) in [6, 6.07) is 1.91. The summed E-state index contributed by atoms with van der Waals surface area (Å²) in [5, 5.41) is 7.06. The zero-order valence-corrected chi connectivity index (χ0v) is 13.0. The Labute approximate surface area is 124 Å². The van der Waals surface area contributed by atoms with Crippen LogP contribution in [0, 0.1) is 0 Å². The van der Waals surface area contributed by atoms with E-state index in [9.17, 15) is 8.42 Å². The van der Waals surface area contributed by atoms with Gasteiger partial charge in [0.2, 0.25) is 0 Å². The highest BCUT2D eigenvalue weighted by Crippen LogP contribution is 2.34. The summed E-state index contributed by atoms with van der Waals surface area (Å²) in [4.78, 5) is 3.99. The molecule has 1 N–H and O–H groups in total. The first-order valence-electron chi connectivity index (χ1n) is 6.90. The fourth-order valence-corrected chi connectivity index (χ4v) is 4.43. The number of piperidine rings is 1. The van der Waals surface area contributed by atoms with E-state index in [0.29, 0.717) is 13.1 Å². The van der Waals surface area contributed by atoms with E-state index in [1.807, 2.05) is 6.07 Å². The number of sulfonamides is 1. The standard InChI is InChI=1S/C13H19N5O2S/c1-13(11-4-6-15-16-11)5-3-7-18(9-13)21(19,20)12-8-17(2)10-14-12/h4,6,8,10H,3,5,7,9H2,1-2H3,(H,15,16)/t13-/m0/s1. The predicted octanol–water partition coefficient (Wildman–Crippen LogP) is 0.886. The molecule has 0 aliphatic carbocycles. The third-order valence-electron chi connectivity index (χ3n) is 4.10. The van der Waals surface area contributed by atoms with Crippen molar-refractivity contribution in [3.05, 3.63) is 30.5 Å². The third kappa shape index (κ3) is 2.49. The number of imidazole rings is 1. The van der Waals surface area contributed by atoms with Crippen molar-refractivity contribution in [3.63, 3.8) is 0 Å². The van der Waals surface area contributed by atoms with Crippen molar-refractivity contribution in [2.24, 2.45) is 7.05 Å². The average Bonchev–Trinajstić information content (AvgIpc) is 3.10. The van der Waals surface area contributed by atoms with Gasteiger partial charge >= 0.3 is 0 Å². The molecule has 3 heterocycles. The topological polar surface area (TPSA) is 83.9 Å². The summed E-state index contributed by atoms with van der Waals surface area (Å²) in [6.45, 7) is 3.04. The van der Waals surface area contributed by atoms with Crippen LogP contribution in [0.15, 0.2) is 29.8 Å². The maximum atomic E-state index is 12.7. The van der Waals surface area contributed by atoms with Crippen LogP contribution < -0.4 is 0 Å². The summed E-state index contributed by atoms with van der Waals surface area (Å²) in [6.07, 6.45) is 6.50. The lowest BCUT2D eigenvalue weighted by Crippen LogP contribution is -2.47. The maximum absolute atomic E-state index is 12.7. The highest BCUT2D eigenvalue weighted by molar-refractivity contribution is 7.89. The van der Waals surface area contributed by atoms with Gasteiger partial charge in [-0.15, -0.1) is 0 Å². The number of hydrogen-bond donors (Lipinski definition) is 1. The summed E-state index contributed by atoms with van der Waals surface area (Å²) in [5.41, 5.74) is 0.736. The Kier molecular flexibility index (Phi) is 3.37. The monoisotopic (exact) mass is 309 g/mol. The van der Waals surface area contributed by atoms with Crippen LogP contribution in [-0.2, 0) is 22.5 Å². The minimum absolute atomic E-state index is 0.110. The molecule has 21 heavy (non-hydrogen) atoms. The molecular formula is C13H19N5O2S. The molecule has 0 aromatic carbocycles. The normalized spacial score (nSPS) is 24.3. The molecule has 1 aliphatic heterocycles. The molecule has 0 bridgehead atoms. The van der Waals surface area contributed by atoms with Crippen molar-refractivity contribution < 1.29 is 8.42 Å². The summed E-state index contributed by atoms with van der Waals surface area (Å²) < 4.78 is 28.5. The number of nitrogens with zero attached hydrogens (tertiary/aromatic N) is 4. The summed E-state index contributed by atoms with van der Waals surface area (Å²) >= 11 is 0. The van der Waals surface area contributed by atoms with Crippen LogP contribution in [0.25, 0.3) is 0 Å². The molecule has 0 amide bonds. The van der Waals surface area contributed by atoms with Crippen LogP contribution in [0.3, 0.4) is 0 Å². The molecule has 7 nitrogen and oxygen atoms in total. The Morgan fingerprint density at radius 1 is 1.43 bits per heavy atom. The van der Waals surface area contributed by atoms with Gasteiger partial charge in [-0.05, 0) is 18.9 Å². The number of aromatic amines is 1. The Balaban J connectivity index is 1.90. The molecular weight excluding hydrogens is 290 g/mol. The molecule has 1 atom stereocenters. The quantitative estimate of drug-likeness (QED) is 0.912. The summed E-state index contributed by atoms with van der Waals surface area (Å²) in [7, 11) is -1.78. The SMILES string of the molecule is Cn1cnc(S(=O)(=O)N2CCC[C@](C)(c3ccn[nH]3)C2)c1. The number of aryl methyl sites for hydroxylation is 1. The zero-order chi connectivity index (χ0) is 15.1. The number of hydrogen-bond acceptors (Lipinski definition) is 4. The number of H-pyrrole nitrogens is 1. The first-order valence-corrected chi connectivity index (χ1v) is 8.34. The maximum Gasteiger partial charge on any atom is 0.262 e. The van der Waals surface area contributed by atoms with Gasteiger partial charge in [0, 0.05) is 43.6 Å². The molecule has 1 fully saturated rings. The van der Waals surface area contributed by atoms with Gasteiger partial charge in [-0.1, -0.05) is 6.92 Å². The van der Waals surface area contributed by atoms with E-state index in [0.717, 1.165) is 18.5 Å². The second-order valence-electron chi connectivity index (χ2n) is 5.85. The van der Waals surface area contributed by atoms with Crippen molar-refractivity contribution in [1.82, 2.24) is 24.1 Å². The minimum atomic E-state index is -3.54. The van der Waals surface area contributed by atoms with Crippen molar-refractivity contribution >= 4 is 10.0 Å². The molecule has 2 aromatic heterocycles. The van der Waals surface area contributed by atoms with Crippen LogP contribution in [0.2, 0.25) is 0 Å². The Bertz CT molecular complexity index is 722. The lowest BCUT2D eigenvalue weighted by Gasteiger charge is -2.38. The molecule has 0 saturated carbocycles. The highest BCUT2D eigenvalue weighted by Gasteiger charge is 2.39. The van der Waals surface area contributed by atoms with Gasteiger partial charge in [-0.3, -0.25) is 5.10 Å². The number of nitrogens with one attached hydrogen (secondary N) is 1. The van der Waals surface area contributed by atoms with E-state index in [4.69, 9.17) is 0 Å². The van der Waals surface area contributed by atoms with Gasteiger partial charge in [0.05, 0.1) is 6.33 Å². The lowest BCUT2D eigenvalue weighted by molar-refractivity contribution is 0.235. The molecule has 0 radical (unpaired) electrons. The van der Waals surface area contributed by atoms with Crippen LogP contribution in [0.5, 0.6) is 0 Å². The molecule has 114 valence electrons. The van der Waals surface area contributed by atoms with Gasteiger partial charge in [0.1, 0.15) is 0 Å². The molecule has 1 aliphatic rings. The van der Waals surface area contributed by atoms with Crippen molar-refractivity contribution in [1.29, 1.82) is 0 Å². The van der Waals surface area contributed by atoms with Gasteiger partial charge < -0.3 is 4.57 Å². The fourth-order valence-electron chi connectivity index (χ4n) is 2.86. The zero-order valence-electron chi connectivity index (χ0n) is 12.2. The second kappa shape index (κ2) is 4.96. The number of rotatable bonds is 3. The van der Waals surface area contributed by atoms with Gasteiger partial charge in [0.15, 0.2) is 5.03 Å². The van der Waals surface area contributed by atoms with Crippen LogP contribution in [0.4, 0.5) is 0 Å². The van der Waals surface area contributed by atoms with Crippen molar-refractivity contribution in [2.45, 2.75) is 30.2 Å². The third-order valence-corrected chi connectivity index (χ3v) is 5.83. The smallest absolute Gasteiger partial charge is 0.262 e. The highest BCUT2D eigenvalue weighted by atomic mass is 32.2. The lowest BCUT2D eigenvalue weighted by atomic mass is 9.80. The largest absolute Gasteiger partial charge is 0.339 e. The Hall–Kier alpha value is -1.67. The first-order chi connectivity index (χ1) is 9.92. The Morgan fingerprint density at radius 3 is 2.86 bits per heavy atom. The fraction of sp³-hybridized carbons (Fsp3) is 0.538. The van der Waals surface area contributed by atoms with Gasteiger partial charge in [-0.2, -0.15) is 9.40 Å². The molecule has 1 saturated heterocycles. The van der Waals surface area contributed by atoms with Crippen molar-refractivity contribution in [2.75, 3.05) is 13.1 Å². The van der Waals surface area contributed by atoms with E-state index in [-0.39, 0.29) is 10.4 Å². The molecule has 3 rings (SSSR count). The van der Waals surface area contributed by atoms with Crippen molar-refractivity contribution in [3.8, 4) is 0 Å². The van der Waals surface area contributed by atoms with E-state index >= 15 is 0 Å².